The normalized spacial score (nSPS) is 26.8. The average Bonchev–Trinajstić information content (AvgIpc) is 2.14. The molecule has 0 aromatic rings. The number of amides is 1. The van der Waals surface area contributed by atoms with Gasteiger partial charge in [-0.15, -0.1) is 6.42 Å². The minimum atomic E-state index is -0.315. The van der Waals surface area contributed by atoms with Crippen molar-refractivity contribution in [2.45, 2.75) is 25.9 Å². The van der Waals surface area contributed by atoms with Crippen LogP contribution in [0.15, 0.2) is 0 Å². The predicted octanol–water partition coefficient (Wildman–Crippen LogP) is 0.438. The summed E-state index contributed by atoms with van der Waals surface area (Å²) in [7, 11) is 0. The summed E-state index contributed by atoms with van der Waals surface area (Å²) >= 11 is 0. The van der Waals surface area contributed by atoms with Gasteiger partial charge in [-0.25, -0.2) is 4.79 Å². The Kier molecular flexibility index (Phi) is 3.78. The average molecular weight is 196 g/mol. The molecule has 2 unspecified atom stereocenters. The summed E-state index contributed by atoms with van der Waals surface area (Å²) < 4.78 is 4.89. The minimum absolute atomic E-state index is 0.0439. The smallest absolute Gasteiger partial charge is 0.411 e. The Balaban J connectivity index is 2.54. The Morgan fingerprint density at radius 1 is 1.57 bits per heavy atom. The molecule has 1 aliphatic rings. The van der Waals surface area contributed by atoms with Crippen LogP contribution in [0.2, 0.25) is 0 Å². The predicted molar refractivity (Wildman–Crippen MR) is 53.8 cm³/mol. The SMILES string of the molecule is C#CCOC(=O)N1C(C)CNCC1C. The van der Waals surface area contributed by atoms with Gasteiger partial charge in [0, 0.05) is 25.2 Å². The molecule has 1 fully saturated rings. The quantitative estimate of drug-likeness (QED) is 0.619. The molecule has 0 spiro atoms. The third-order valence-corrected chi connectivity index (χ3v) is 2.32. The number of hydrogen-bond donors (Lipinski definition) is 1. The maximum Gasteiger partial charge on any atom is 0.411 e. The van der Waals surface area contributed by atoms with Crippen molar-refractivity contribution in [1.82, 2.24) is 10.2 Å². The van der Waals surface area contributed by atoms with Gasteiger partial charge in [0.25, 0.3) is 0 Å². The lowest BCUT2D eigenvalue weighted by molar-refractivity contribution is 0.0690. The lowest BCUT2D eigenvalue weighted by Crippen LogP contribution is -2.57. The van der Waals surface area contributed by atoms with Crippen LogP contribution in [0.5, 0.6) is 0 Å². The van der Waals surface area contributed by atoms with Crippen molar-refractivity contribution < 1.29 is 9.53 Å². The van der Waals surface area contributed by atoms with Gasteiger partial charge in [0.05, 0.1) is 0 Å². The second-order valence-electron chi connectivity index (χ2n) is 3.52. The number of piperazine rings is 1. The highest BCUT2D eigenvalue weighted by molar-refractivity contribution is 5.68. The second-order valence-corrected chi connectivity index (χ2v) is 3.52. The molecule has 1 N–H and O–H groups in total. The fraction of sp³-hybridized carbons (Fsp3) is 0.700. The van der Waals surface area contributed by atoms with Crippen LogP contribution >= 0.6 is 0 Å². The Labute approximate surface area is 84.6 Å². The van der Waals surface area contributed by atoms with Crippen molar-refractivity contribution in [3.05, 3.63) is 0 Å². The molecular formula is C10H16N2O2. The van der Waals surface area contributed by atoms with Gasteiger partial charge in [-0.1, -0.05) is 5.92 Å². The van der Waals surface area contributed by atoms with Gasteiger partial charge in [0.15, 0.2) is 6.61 Å². The van der Waals surface area contributed by atoms with Gasteiger partial charge in [0.2, 0.25) is 0 Å². The van der Waals surface area contributed by atoms with Crippen molar-refractivity contribution in [3.63, 3.8) is 0 Å². The fourth-order valence-corrected chi connectivity index (χ4v) is 1.67. The van der Waals surface area contributed by atoms with E-state index in [2.05, 4.69) is 11.2 Å². The topological polar surface area (TPSA) is 41.6 Å². The first kappa shape index (κ1) is 10.9. The van der Waals surface area contributed by atoms with Gasteiger partial charge in [0.1, 0.15) is 0 Å². The summed E-state index contributed by atoms with van der Waals surface area (Å²) in [5.74, 6) is 2.28. The number of nitrogens with zero attached hydrogens (tertiary/aromatic N) is 1. The highest BCUT2D eigenvalue weighted by Gasteiger charge is 2.29. The largest absolute Gasteiger partial charge is 0.436 e. The monoisotopic (exact) mass is 196 g/mol. The van der Waals surface area contributed by atoms with Crippen molar-refractivity contribution in [1.29, 1.82) is 0 Å². The number of carbonyl (C=O) groups excluding carboxylic acids is 1. The Morgan fingerprint density at radius 3 is 2.64 bits per heavy atom. The van der Waals surface area contributed by atoms with Crippen LogP contribution in [0.25, 0.3) is 0 Å². The van der Waals surface area contributed by atoms with E-state index in [9.17, 15) is 4.79 Å². The van der Waals surface area contributed by atoms with Crippen molar-refractivity contribution in [2.24, 2.45) is 0 Å². The van der Waals surface area contributed by atoms with Crippen molar-refractivity contribution in [3.8, 4) is 12.3 Å². The number of rotatable bonds is 1. The molecule has 2 atom stereocenters. The molecule has 1 heterocycles. The number of terminal acetylenes is 1. The molecule has 1 amide bonds. The van der Waals surface area contributed by atoms with E-state index in [1.165, 1.54) is 0 Å². The van der Waals surface area contributed by atoms with Crippen molar-refractivity contribution in [2.75, 3.05) is 19.7 Å². The maximum absolute atomic E-state index is 11.6. The first-order chi connectivity index (χ1) is 6.66. The minimum Gasteiger partial charge on any atom is -0.436 e. The lowest BCUT2D eigenvalue weighted by atomic mass is 10.1. The molecule has 4 nitrogen and oxygen atoms in total. The van der Waals surface area contributed by atoms with Crippen LogP contribution in [0.1, 0.15) is 13.8 Å². The van der Waals surface area contributed by atoms with Gasteiger partial charge in [-0.05, 0) is 13.8 Å². The van der Waals surface area contributed by atoms with Gasteiger partial charge in [-0.3, -0.25) is 0 Å². The third kappa shape index (κ3) is 2.39. The zero-order valence-electron chi connectivity index (χ0n) is 8.62. The van der Waals surface area contributed by atoms with E-state index in [0.29, 0.717) is 0 Å². The van der Waals surface area contributed by atoms with E-state index in [0.717, 1.165) is 13.1 Å². The van der Waals surface area contributed by atoms with Crippen molar-refractivity contribution >= 4 is 6.09 Å². The van der Waals surface area contributed by atoms with Gasteiger partial charge in [-0.2, -0.15) is 0 Å². The number of nitrogens with one attached hydrogen (secondary N) is 1. The summed E-state index contributed by atoms with van der Waals surface area (Å²) in [6.45, 7) is 5.62. The van der Waals surface area contributed by atoms with Gasteiger partial charge >= 0.3 is 6.09 Å². The van der Waals surface area contributed by atoms with E-state index < -0.39 is 0 Å². The van der Waals surface area contributed by atoms with Crippen LogP contribution in [-0.2, 0) is 4.74 Å². The molecule has 1 aliphatic heterocycles. The summed E-state index contributed by atoms with van der Waals surface area (Å²) in [4.78, 5) is 13.3. The first-order valence-electron chi connectivity index (χ1n) is 4.76. The van der Waals surface area contributed by atoms with Crippen LogP contribution < -0.4 is 5.32 Å². The summed E-state index contributed by atoms with van der Waals surface area (Å²) in [6, 6.07) is 0.313. The van der Waals surface area contributed by atoms with Crippen LogP contribution in [0.4, 0.5) is 4.79 Å². The Hall–Kier alpha value is -1.21. The van der Waals surface area contributed by atoms with Crippen LogP contribution in [0, 0.1) is 12.3 Å². The van der Waals surface area contributed by atoms with E-state index >= 15 is 0 Å². The molecule has 0 aromatic heterocycles. The number of hydrogen-bond acceptors (Lipinski definition) is 3. The highest BCUT2D eigenvalue weighted by atomic mass is 16.6. The lowest BCUT2D eigenvalue weighted by Gasteiger charge is -2.38. The standard InChI is InChI=1S/C10H16N2O2/c1-4-5-14-10(13)12-8(2)6-11-7-9(12)3/h1,8-9,11H,5-7H2,2-3H3. The number of carbonyl (C=O) groups is 1. The molecule has 4 heteroatoms. The summed E-state index contributed by atoms with van der Waals surface area (Å²) in [5, 5.41) is 3.24. The summed E-state index contributed by atoms with van der Waals surface area (Å²) in [6.07, 6.45) is 4.70. The third-order valence-electron chi connectivity index (χ3n) is 2.32. The van der Waals surface area contributed by atoms with E-state index in [-0.39, 0.29) is 24.8 Å². The van der Waals surface area contributed by atoms with E-state index in [1.54, 1.807) is 4.90 Å². The molecule has 0 aliphatic carbocycles. The summed E-state index contributed by atoms with van der Waals surface area (Å²) in [5.41, 5.74) is 0. The molecule has 0 bridgehead atoms. The molecule has 1 rings (SSSR count). The molecule has 0 saturated carbocycles. The van der Waals surface area contributed by atoms with Gasteiger partial charge < -0.3 is 15.0 Å². The number of ether oxygens (including phenoxy) is 1. The molecule has 78 valence electrons. The molecule has 1 saturated heterocycles. The van der Waals surface area contributed by atoms with Crippen LogP contribution in [-0.4, -0.2) is 42.8 Å². The second kappa shape index (κ2) is 4.87. The first-order valence-corrected chi connectivity index (χ1v) is 4.76. The Bertz CT molecular complexity index is 237. The maximum atomic E-state index is 11.6. The van der Waals surface area contributed by atoms with E-state index in [4.69, 9.17) is 11.2 Å². The highest BCUT2D eigenvalue weighted by Crippen LogP contribution is 2.10. The molecule has 0 radical (unpaired) electrons. The zero-order chi connectivity index (χ0) is 10.6. The van der Waals surface area contributed by atoms with E-state index in [1.807, 2.05) is 13.8 Å². The Morgan fingerprint density at radius 2 is 2.14 bits per heavy atom. The fourth-order valence-electron chi connectivity index (χ4n) is 1.67. The van der Waals surface area contributed by atoms with Crippen LogP contribution in [0.3, 0.4) is 0 Å². The molecule has 0 aromatic carbocycles. The molecular weight excluding hydrogens is 180 g/mol. The zero-order valence-corrected chi connectivity index (χ0v) is 8.62. The molecule has 14 heavy (non-hydrogen) atoms.